The Balaban J connectivity index is 2.46. The van der Waals surface area contributed by atoms with Gasteiger partial charge in [-0.2, -0.15) is 0 Å². The number of hydrogen-bond donors (Lipinski definition) is 6. The smallest absolute Gasteiger partial charge is 0.326 e. The molecule has 1 aromatic carbocycles. The van der Waals surface area contributed by atoms with Crippen LogP contribution in [0.2, 0.25) is 0 Å². The Bertz CT molecular complexity index is 1290. The van der Waals surface area contributed by atoms with E-state index in [4.69, 9.17) is 10.2 Å². The number of carbonyl (C=O) groups excluding carboxylic acids is 3. The first-order valence-electron chi connectivity index (χ1n) is 19.1. The summed E-state index contributed by atoms with van der Waals surface area (Å²) in [4.78, 5) is 84.0. The highest BCUT2D eigenvalue weighted by molar-refractivity contribution is 5.96. The van der Waals surface area contributed by atoms with Crippen LogP contribution in [0.1, 0.15) is 151 Å². The van der Waals surface area contributed by atoms with Gasteiger partial charge < -0.3 is 36.0 Å². The van der Waals surface area contributed by atoms with Crippen molar-refractivity contribution in [2.45, 2.75) is 148 Å². The van der Waals surface area contributed by atoms with Crippen LogP contribution in [0.4, 0.5) is 0 Å². The van der Waals surface area contributed by atoms with Crippen molar-refractivity contribution in [3.05, 3.63) is 35.4 Å². The molecule has 0 spiro atoms. The molecule has 0 aliphatic rings. The Morgan fingerprint density at radius 3 is 1.64 bits per heavy atom. The van der Waals surface area contributed by atoms with Gasteiger partial charge in [0.1, 0.15) is 6.04 Å². The van der Waals surface area contributed by atoms with Gasteiger partial charge in [0.05, 0.1) is 12.3 Å². The molecule has 2 atom stereocenters. The van der Waals surface area contributed by atoms with Crippen molar-refractivity contribution in [1.29, 1.82) is 0 Å². The molecule has 14 nitrogen and oxygen atoms in total. The molecule has 1 rings (SSSR count). The van der Waals surface area contributed by atoms with Crippen molar-refractivity contribution in [3.63, 3.8) is 0 Å². The molecule has 0 bridgehead atoms. The number of unbranched alkanes of at least 4 members (excludes halogenated alkanes) is 12. The second kappa shape index (κ2) is 28.1. The molecular weight excluding hydrogens is 686 g/mol. The van der Waals surface area contributed by atoms with E-state index in [1.54, 1.807) is 19.1 Å². The molecule has 0 radical (unpaired) electrons. The predicted molar refractivity (Wildman–Crippen MR) is 198 cm³/mol. The molecule has 0 aliphatic heterocycles. The van der Waals surface area contributed by atoms with E-state index in [0.29, 0.717) is 44.2 Å². The molecule has 0 heterocycles. The van der Waals surface area contributed by atoms with Crippen LogP contribution in [0.25, 0.3) is 0 Å². The second-order valence-electron chi connectivity index (χ2n) is 13.8. The first-order chi connectivity index (χ1) is 25.3. The average Bonchev–Trinajstić information content (AvgIpc) is 3.11. The van der Waals surface area contributed by atoms with Gasteiger partial charge in [-0.05, 0) is 49.8 Å². The molecule has 53 heavy (non-hydrogen) atoms. The summed E-state index contributed by atoms with van der Waals surface area (Å²) in [6.45, 7) is 2.17. The van der Waals surface area contributed by atoms with Gasteiger partial charge >= 0.3 is 23.9 Å². The van der Waals surface area contributed by atoms with Crippen LogP contribution in [0.3, 0.4) is 0 Å². The highest BCUT2D eigenvalue weighted by Crippen LogP contribution is 2.15. The highest BCUT2D eigenvalue weighted by Gasteiger charge is 2.22. The van der Waals surface area contributed by atoms with Gasteiger partial charge in [0.25, 0.3) is 5.91 Å². The number of amides is 3. The van der Waals surface area contributed by atoms with Crippen molar-refractivity contribution in [3.8, 4) is 0 Å². The summed E-state index contributed by atoms with van der Waals surface area (Å²) in [5, 5.41) is 41.5. The Labute approximate surface area is 313 Å². The lowest BCUT2D eigenvalue weighted by Gasteiger charge is -2.22. The Morgan fingerprint density at radius 2 is 1.13 bits per heavy atom. The Morgan fingerprint density at radius 1 is 0.604 bits per heavy atom. The zero-order chi connectivity index (χ0) is 39.4. The lowest BCUT2D eigenvalue weighted by molar-refractivity contribution is -0.142. The minimum Gasteiger partial charge on any atom is -0.481 e. The maximum absolute atomic E-state index is 13.0. The molecule has 298 valence electrons. The van der Waals surface area contributed by atoms with E-state index in [1.165, 1.54) is 29.9 Å². The quantitative estimate of drug-likeness (QED) is 0.0468. The maximum atomic E-state index is 13.0. The first-order valence-corrected chi connectivity index (χ1v) is 19.1. The molecule has 0 fully saturated rings. The normalized spacial score (nSPS) is 12.0. The summed E-state index contributed by atoms with van der Waals surface area (Å²) in [5.74, 6) is -5.51. The standard InChI is InChI=1S/C39H61N3O11/c1-29(38(50)51)16-14-15-26-40-33(43)24-23-32(39(52)53)41-37(49)31-21-19-30(20-22-31)28-42(27-25-36(47)48)34(44)17-12-10-8-6-4-2-3-5-7-9-11-13-18-35(45)46/h19-22,29,32H,2-18,23-28H2,1H3,(H,40,43)(H,41,49)(H,45,46)(H,47,48)(H,50,51)(H,52,53)/t29-,32-/m0/s1. The SMILES string of the molecule is C[C@@H](CCCCNC(=O)CC[C@H](NC(=O)c1ccc(CN(CCC(=O)O)C(=O)CCCCCCCCCCCCCCC(=O)O)cc1)C(=O)O)C(=O)O. The summed E-state index contributed by atoms with van der Waals surface area (Å²) in [6, 6.07) is 4.98. The molecule has 0 aliphatic carbocycles. The van der Waals surface area contributed by atoms with Gasteiger partial charge in [0.2, 0.25) is 11.8 Å². The van der Waals surface area contributed by atoms with E-state index in [0.717, 1.165) is 57.8 Å². The third kappa shape index (κ3) is 23.6. The van der Waals surface area contributed by atoms with E-state index >= 15 is 0 Å². The van der Waals surface area contributed by atoms with Gasteiger partial charge in [-0.25, -0.2) is 4.79 Å². The Kier molecular flexibility index (Phi) is 24.6. The minimum atomic E-state index is -1.30. The fraction of sp³-hybridized carbons (Fsp3) is 0.667. The van der Waals surface area contributed by atoms with Gasteiger partial charge in [-0.1, -0.05) is 89.7 Å². The molecule has 0 unspecified atom stereocenters. The molecular formula is C39H61N3O11. The summed E-state index contributed by atoms with van der Waals surface area (Å²) >= 11 is 0. The number of nitrogens with zero attached hydrogens (tertiary/aromatic N) is 1. The lowest BCUT2D eigenvalue weighted by atomic mass is 10.0. The number of carbonyl (C=O) groups is 7. The summed E-state index contributed by atoms with van der Waals surface area (Å²) in [7, 11) is 0. The van der Waals surface area contributed by atoms with E-state index < -0.39 is 41.7 Å². The van der Waals surface area contributed by atoms with Crippen LogP contribution in [-0.2, 0) is 35.3 Å². The van der Waals surface area contributed by atoms with Crippen LogP contribution in [0.5, 0.6) is 0 Å². The number of rotatable bonds is 32. The highest BCUT2D eigenvalue weighted by atomic mass is 16.4. The molecule has 14 heteroatoms. The average molecular weight is 748 g/mol. The Hall–Kier alpha value is -4.49. The maximum Gasteiger partial charge on any atom is 0.326 e. The van der Waals surface area contributed by atoms with Crippen molar-refractivity contribution < 1.29 is 54.0 Å². The summed E-state index contributed by atoms with van der Waals surface area (Å²) in [5.41, 5.74) is 0.876. The molecule has 0 saturated carbocycles. The van der Waals surface area contributed by atoms with Crippen molar-refractivity contribution in [1.82, 2.24) is 15.5 Å². The van der Waals surface area contributed by atoms with E-state index in [9.17, 15) is 43.8 Å². The predicted octanol–water partition coefficient (Wildman–Crippen LogP) is 6.01. The molecule has 0 saturated heterocycles. The third-order valence-corrected chi connectivity index (χ3v) is 9.14. The third-order valence-electron chi connectivity index (χ3n) is 9.14. The topological polar surface area (TPSA) is 228 Å². The zero-order valence-corrected chi connectivity index (χ0v) is 31.3. The number of carboxylic acids is 4. The van der Waals surface area contributed by atoms with Crippen LogP contribution in [0, 0.1) is 5.92 Å². The number of hydrogen-bond acceptors (Lipinski definition) is 7. The van der Waals surface area contributed by atoms with E-state index in [1.807, 2.05) is 0 Å². The van der Waals surface area contributed by atoms with Gasteiger partial charge in [0.15, 0.2) is 0 Å². The minimum absolute atomic E-state index is 0.0494. The lowest BCUT2D eigenvalue weighted by Crippen LogP contribution is -2.41. The van der Waals surface area contributed by atoms with Crippen LogP contribution >= 0.6 is 0 Å². The van der Waals surface area contributed by atoms with Crippen molar-refractivity contribution in [2.75, 3.05) is 13.1 Å². The molecule has 6 N–H and O–H groups in total. The largest absolute Gasteiger partial charge is 0.481 e. The molecule has 0 aromatic heterocycles. The van der Waals surface area contributed by atoms with Gasteiger partial charge in [-0.3, -0.25) is 28.8 Å². The number of benzene rings is 1. The monoisotopic (exact) mass is 747 g/mol. The number of carboxylic acid groups (broad SMARTS) is 4. The van der Waals surface area contributed by atoms with Gasteiger partial charge in [0, 0.05) is 44.5 Å². The fourth-order valence-corrected chi connectivity index (χ4v) is 5.77. The van der Waals surface area contributed by atoms with Gasteiger partial charge in [-0.15, -0.1) is 0 Å². The van der Waals surface area contributed by atoms with Crippen molar-refractivity contribution in [2.24, 2.45) is 5.92 Å². The van der Waals surface area contributed by atoms with Crippen LogP contribution < -0.4 is 10.6 Å². The fourth-order valence-electron chi connectivity index (χ4n) is 5.77. The van der Waals surface area contributed by atoms with Crippen LogP contribution in [0.15, 0.2) is 24.3 Å². The summed E-state index contributed by atoms with van der Waals surface area (Å²) < 4.78 is 0. The zero-order valence-electron chi connectivity index (χ0n) is 31.3. The van der Waals surface area contributed by atoms with Crippen LogP contribution in [-0.4, -0.2) is 86.1 Å². The number of nitrogens with one attached hydrogen (secondary N) is 2. The van der Waals surface area contributed by atoms with E-state index in [2.05, 4.69) is 10.6 Å². The molecule has 1 aromatic rings. The second-order valence-corrected chi connectivity index (χ2v) is 13.8. The molecule has 3 amide bonds. The van der Waals surface area contributed by atoms with Crippen molar-refractivity contribution >= 4 is 41.6 Å². The summed E-state index contributed by atoms with van der Waals surface area (Å²) in [6.07, 6.45) is 14.1. The van der Waals surface area contributed by atoms with E-state index in [-0.39, 0.29) is 56.2 Å². The number of aliphatic carboxylic acids is 4. The first kappa shape index (κ1) is 46.5.